The van der Waals surface area contributed by atoms with Crippen LogP contribution < -0.4 is 21.2 Å². The molecule has 6 heteroatoms. The number of rotatable bonds is 15. The third kappa shape index (κ3) is 8.48. The average Bonchev–Trinajstić information content (AvgIpc) is 3.63. The third-order valence-electron chi connectivity index (χ3n) is 16.0. The Morgan fingerprint density at radius 3 is 1.69 bits per heavy atom. The second kappa shape index (κ2) is 18.7. The van der Waals surface area contributed by atoms with Crippen molar-refractivity contribution in [2.45, 2.75) is 111 Å². The summed E-state index contributed by atoms with van der Waals surface area (Å²) in [5, 5.41) is 5.41. The van der Waals surface area contributed by atoms with E-state index >= 15 is 0 Å². The number of nitrogens with zero attached hydrogens (tertiary/aromatic N) is 1. The molecular weight excluding hydrogens is 886 g/mol. The van der Waals surface area contributed by atoms with E-state index in [4.69, 9.17) is 4.74 Å². The predicted octanol–water partition coefficient (Wildman–Crippen LogP) is 12.0. The topological polar surface area (TPSA) is 12.5 Å². The Labute approximate surface area is 373 Å². The maximum absolute atomic E-state index is 7.18. The van der Waals surface area contributed by atoms with Crippen molar-refractivity contribution in [2.24, 2.45) is 46.3 Å². The van der Waals surface area contributed by atoms with E-state index in [-0.39, 0.29) is 6.10 Å². The molecule has 0 N–H and O–H groups in total. The van der Waals surface area contributed by atoms with E-state index in [0.29, 0.717) is 17.4 Å². The molecule has 3 unspecified atom stereocenters. The summed E-state index contributed by atoms with van der Waals surface area (Å²) in [6, 6.07) is 44.9. The van der Waals surface area contributed by atoms with Crippen LogP contribution in [0.1, 0.15) is 105 Å². The minimum Gasteiger partial charge on any atom is -0.0591 e. The Morgan fingerprint density at radius 1 is 0.661 bits per heavy atom. The second-order valence-corrected chi connectivity index (χ2v) is 31.9. The summed E-state index contributed by atoms with van der Waals surface area (Å²) in [6.07, 6.45) is 17.9. The van der Waals surface area contributed by atoms with Gasteiger partial charge in [0.25, 0.3) is 0 Å². The molecule has 2 nitrogen and oxygen atoms in total. The molecule has 0 spiro atoms. The van der Waals surface area contributed by atoms with E-state index in [1.165, 1.54) is 85.4 Å². The summed E-state index contributed by atoms with van der Waals surface area (Å²) in [5.74, 6) is 5.21. The first-order valence-electron chi connectivity index (χ1n) is 23.0. The van der Waals surface area contributed by atoms with Gasteiger partial charge in [-0.15, -0.1) is 0 Å². The van der Waals surface area contributed by atoms with Crippen LogP contribution in [0.3, 0.4) is 0 Å². The van der Waals surface area contributed by atoms with E-state index < -0.39 is 11.3 Å². The first-order chi connectivity index (χ1) is 28.5. The first kappa shape index (κ1) is 44.1. The number of hydrogen-bond acceptors (Lipinski definition) is 2. The molecule has 3 fully saturated rings. The number of allylic oxidation sites excluding steroid dienone is 1. The molecule has 4 aliphatic rings. The van der Waals surface area contributed by atoms with Crippen LogP contribution in [0.15, 0.2) is 133 Å². The van der Waals surface area contributed by atoms with E-state index in [1.807, 2.05) is 0 Å². The molecule has 4 aliphatic carbocycles. The van der Waals surface area contributed by atoms with Crippen LogP contribution >= 0.6 is 11.3 Å². The Balaban J connectivity index is 1.04. The van der Waals surface area contributed by atoms with Gasteiger partial charge in [-0.05, 0) is 36.0 Å². The van der Waals surface area contributed by atoms with Gasteiger partial charge in [0.05, 0.1) is 0 Å². The van der Waals surface area contributed by atoms with Gasteiger partial charge in [0.2, 0.25) is 0 Å². The summed E-state index contributed by atoms with van der Waals surface area (Å²) < 4.78 is 10.0. The van der Waals surface area contributed by atoms with Gasteiger partial charge in [-0.3, -0.25) is 0 Å². The van der Waals surface area contributed by atoms with E-state index in [1.54, 1.807) is 5.57 Å². The minimum absolute atomic E-state index is 0.271. The van der Waals surface area contributed by atoms with Crippen molar-refractivity contribution in [1.29, 1.82) is 0 Å². The maximum atomic E-state index is 7.18. The molecule has 0 heterocycles. The Morgan fingerprint density at radius 2 is 1.19 bits per heavy atom. The zero-order chi connectivity index (χ0) is 41.3. The van der Waals surface area contributed by atoms with Crippen LogP contribution in [0.25, 0.3) is 0 Å². The van der Waals surface area contributed by atoms with Crippen molar-refractivity contribution >= 4 is 62.7 Å². The quantitative estimate of drug-likeness (QED) is 0.0669. The molecule has 0 saturated heterocycles. The van der Waals surface area contributed by atoms with E-state index in [9.17, 15) is 0 Å². The molecule has 0 radical (unpaired) electrons. The number of fused-ring (bicyclic) bond motifs is 5. The number of benzene rings is 4. The van der Waals surface area contributed by atoms with Crippen molar-refractivity contribution in [3.05, 3.63) is 133 Å². The molecule has 4 aromatic carbocycles. The average molecular weight is 956 g/mol. The van der Waals surface area contributed by atoms with Gasteiger partial charge in [0.15, 0.2) is 0 Å². The van der Waals surface area contributed by atoms with Gasteiger partial charge in [0.1, 0.15) is 0 Å². The van der Waals surface area contributed by atoms with Gasteiger partial charge >= 0.3 is 293 Å². The van der Waals surface area contributed by atoms with Gasteiger partial charge in [-0.2, -0.15) is 0 Å². The Bertz CT molecular complexity index is 1940. The summed E-state index contributed by atoms with van der Waals surface area (Å²) in [4.78, 5) is 0. The van der Waals surface area contributed by atoms with Crippen LogP contribution in [0.5, 0.6) is 0 Å². The summed E-state index contributed by atoms with van der Waals surface area (Å²) in [5.41, 5.74) is -1.92. The van der Waals surface area contributed by atoms with Crippen molar-refractivity contribution in [3.63, 3.8) is 0 Å². The predicted molar refractivity (Wildman–Crippen MR) is 259 cm³/mol. The molecule has 3 saturated carbocycles. The smallest absolute Gasteiger partial charge is 0.0591 e. The molecule has 59 heavy (non-hydrogen) atoms. The molecule has 0 bridgehead atoms. The Kier molecular flexibility index (Phi) is 13.9. The molecule has 0 aromatic heterocycles. The zero-order valence-corrected chi connectivity index (χ0v) is 41.6. The summed E-state index contributed by atoms with van der Waals surface area (Å²) in [6.45, 7) is 14.3. The van der Waals surface area contributed by atoms with Gasteiger partial charge in [-0.25, -0.2) is 0 Å². The van der Waals surface area contributed by atoms with Crippen LogP contribution in [0.4, 0.5) is 0 Å². The van der Waals surface area contributed by atoms with Gasteiger partial charge in [0, 0.05) is 0 Å². The van der Waals surface area contributed by atoms with Crippen LogP contribution in [-0.4, -0.2) is 53.9 Å². The van der Waals surface area contributed by atoms with Gasteiger partial charge in [-0.1, -0.05) is 47.0 Å². The van der Waals surface area contributed by atoms with Crippen LogP contribution in [0.2, 0.25) is 0 Å². The van der Waals surface area contributed by atoms with Crippen LogP contribution in [0, 0.1) is 46.3 Å². The van der Waals surface area contributed by atoms with Crippen molar-refractivity contribution < 1.29 is 4.74 Å². The first-order valence-corrected chi connectivity index (χ1v) is 30.9. The third-order valence-corrected chi connectivity index (χ3v) is 32.7. The fourth-order valence-corrected chi connectivity index (χ4v) is 30.6. The fraction of sp³-hybridized carbons (Fsp3) is 0.509. The summed E-state index contributed by atoms with van der Waals surface area (Å²) in [7, 11) is 0. The SMILES string of the molecule is CC(C)CCC[C@@H](C)[C@H]1CCC2C3CC=C4C[C@@H](OCCN(P(=[Se])(c5ccccc5)c5ccccc5)P(=[Se])(c5ccccc5)c5ccccc5)CC[C@]4(C)C3CC[C@@]21C. The number of hydrogen-bond donors (Lipinski definition) is 0. The van der Waals surface area contributed by atoms with Crippen LogP contribution in [-0.2, 0) is 4.74 Å². The summed E-state index contributed by atoms with van der Waals surface area (Å²) >= 11 is 7.89. The Hall–Kier alpha value is -1.56. The molecule has 314 valence electrons. The van der Waals surface area contributed by atoms with Crippen molar-refractivity contribution in [1.82, 2.24) is 4.44 Å². The van der Waals surface area contributed by atoms with Crippen molar-refractivity contribution in [2.75, 3.05) is 13.2 Å². The molecule has 4 aromatic rings. The monoisotopic (exact) mass is 957 g/mol. The minimum atomic E-state index is -2.26. The second-order valence-electron chi connectivity index (χ2n) is 19.6. The van der Waals surface area contributed by atoms with Gasteiger partial charge < -0.3 is 0 Å². The molecule has 8 atom stereocenters. The normalized spacial score (nSPS) is 28.7. The van der Waals surface area contributed by atoms with Crippen molar-refractivity contribution in [3.8, 4) is 0 Å². The zero-order valence-electron chi connectivity index (χ0n) is 36.4. The molecule has 0 amide bonds. The molecular formula is C53H69NOP2Se2. The molecule has 0 aliphatic heterocycles. The molecule has 8 rings (SSSR count). The van der Waals surface area contributed by atoms with E-state index in [2.05, 4.69) is 197 Å². The van der Waals surface area contributed by atoms with E-state index in [0.717, 1.165) is 48.5 Å². The standard InChI is InChI=1S/C53H69NOP2Se2/c1-40(2)19-18-20-41(3)49-31-32-50-48-30-29-42-39-43(33-35-52(42,4)51(48)34-36-53(49,50)5)55-38-37-54(56(58,44-21-10-6-11-22-44)45-23-12-7-13-24-45)57(59,46-25-14-8-15-26-46)47-27-16-9-17-28-47/h6-17,21-29,40-41,43,48-51H,18-20,30-39H2,1-5H3/t41-,43+,48?,49-,50?,51?,52+,53-/m1/s1. The fourth-order valence-electron chi connectivity index (χ4n) is 12.9. The number of ether oxygens (including phenoxy) is 1.